The molecule has 1 heterocycles. The zero-order chi connectivity index (χ0) is 25.5. The normalized spacial score (nSPS) is 14.1. The first-order valence-corrected chi connectivity index (χ1v) is 11.3. The van der Waals surface area contributed by atoms with E-state index in [1.165, 1.54) is 17.0 Å². The van der Waals surface area contributed by atoms with Crippen LogP contribution in [0.2, 0.25) is 5.02 Å². The van der Waals surface area contributed by atoms with E-state index in [1.54, 1.807) is 40.0 Å². The number of likely N-dealkylation sites (N-methyl/N-ethyl adjacent to an activating group) is 1. The number of halogens is 4. The Morgan fingerprint density at radius 3 is 2.26 bits per heavy atom. The van der Waals surface area contributed by atoms with Crippen molar-refractivity contribution in [1.29, 1.82) is 0 Å². The fraction of sp³-hybridized carbons (Fsp3) is 0.348. The summed E-state index contributed by atoms with van der Waals surface area (Å²) in [6, 6.07) is 9.79. The van der Waals surface area contributed by atoms with Gasteiger partial charge in [-0.2, -0.15) is 8.78 Å². The number of amides is 4. The van der Waals surface area contributed by atoms with Gasteiger partial charge in [-0.3, -0.25) is 25.3 Å². The molecule has 35 heavy (non-hydrogen) atoms. The molecule has 0 aliphatic carbocycles. The molecule has 2 aromatic rings. The summed E-state index contributed by atoms with van der Waals surface area (Å²) < 4.78 is 39.4. The molecule has 0 radical (unpaired) electrons. The summed E-state index contributed by atoms with van der Waals surface area (Å²) in [6.07, 6.45) is -3.31. The van der Waals surface area contributed by atoms with Crippen LogP contribution in [0.15, 0.2) is 42.5 Å². The first kappa shape index (κ1) is 26.3. The number of rotatable bonds is 6. The van der Waals surface area contributed by atoms with Gasteiger partial charge in [0.15, 0.2) is 0 Å². The summed E-state index contributed by atoms with van der Waals surface area (Å²) in [5.41, 5.74) is 3.80. The molecule has 2 N–H and O–H groups in total. The first-order valence-electron chi connectivity index (χ1n) is 10.9. The van der Waals surface area contributed by atoms with Gasteiger partial charge in [0.2, 0.25) is 0 Å². The molecule has 1 aliphatic rings. The van der Waals surface area contributed by atoms with Crippen molar-refractivity contribution in [2.75, 3.05) is 37.6 Å². The Morgan fingerprint density at radius 2 is 1.69 bits per heavy atom. The maximum Gasteiger partial charge on any atom is 0.324 e. The average Bonchev–Trinajstić information content (AvgIpc) is 2.86. The number of piperazine rings is 1. The molecule has 1 aliphatic heterocycles. The number of nitrogens with zero attached hydrogens (tertiary/aromatic N) is 3. The highest BCUT2D eigenvalue weighted by molar-refractivity contribution is 6.30. The number of hydrogen-bond acceptors (Lipinski definition) is 4. The van der Waals surface area contributed by atoms with Crippen molar-refractivity contribution in [2.45, 2.75) is 19.9 Å². The van der Waals surface area contributed by atoms with E-state index in [-0.39, 0.29) is 23.7 Å². The minimum absolute atomic E-state index is 0.121. The number of alkyl halides is 2. The van der Waals surface area contributed by atoms with Crippen molar-refractivity contribution in [3.05, 3.63) is 64.4 Å². The van der Waals surface area contributed by atoms with Crippen LogP contribution in [0.4, 0.5) is 23.7 Å². The van der Waals surface area contributed by atoms with Crippen molar-refractivity contribution in [2.24, 2.45) is 0 Å². The van der Waals surface area contributed by atoms with Crippen LogP contribution in [-0.2, 0) is 11.3 Å². The molecule has 2 aromatic carbocycles. The summed E-state index contributed by atoms with van der Waals surface area (Å²) in [5.74, 6) is -3.43. The van der Waals surface area contributed by atoms with Crippen LogP contribution < -0.4 is 15.8 Å². The largest absolute Gasteiger partial charge is 0.324 e. The number of nitrogens with one attached hydrogen (secondary N) is 2. The predicted octanol–water partition coefficient (Wildman–Crippen LogP) is 3.27. The standard InChI is InChI=1S/C23H25ClF3N5O3/c1-2-30-9-11-31(12-10-30)23(35)32(18-7-5-17(24)6-8-18)14-16-4-3-15(13-19(16)25)21(33)28-29-22(34)20(26)27/h3-8,13,20H,2,9-12,14H2,1H3,(H,28,33)(H,29,34). The van der Waals surface area contributed by atoms with Gasteiger partial charge in [0.1, 0.15) is 5.82 Å². The van der Waals surface area contributed by atoms with E-state index in [9.17, 15) is 27.6 Å². The number of urea groups is 1. The van der Waals surface area contributed by atoms with Gasteiger partial charge in [-0.05, 0) is 42.9 Å². The van der Waals surface area contributed by atoms with Gasteiger partial charge in [-0.1, -0.05) is 24.6 Å². The minimum atomic E-state index is -3.31. The van der Waals surface area contributed by atoms with E-state index in [0.717, 1.165) is 25.7 Å². The maximum atomic E-state index is 14.9. The second-order valence-electron chi connectivity index (χ2n) is 7.82. The van der Waals surface area contributed by atoms with Gasteiger partial charge in [-0.15, -0.1) is 0 Å². The second kappa shape index (κ2) is 11.9. The Labute approximate surface area is 205 Å². The number of hydrazine groups is 1. The molecule has 12 heteroatoms. The van der Waals surface area contributed by atoms with Gasteiger partial charge in [-0.25, -0.2) is 9.18 Å². The molecule has 0 bridgehead atoms. The molecule has 0 aromatic heterocycles. The monoisotopic (exact) mass is 511 g/mol. The third-order valence-electron chi connectivity index (χ3n) is 5.60. The Balaban J connectivity index is 1.78. The van der Waals surface area contributed by atoms with Crippen LogP contribution in [0.5, 0.6) is 0 Å². The molecule has 0 saturated carbocycles. The van der Waals surface area contributed by atoms with E-state index < -0.39 is 24.1 Å². The van der Waals surface area contributed by atoms with Gasteiger partial charge in [0, 0.05) is 48.0 Å². The Morgan fingerprint density at radius 1 is 1.03 bits per heavy atom. The lowest BCUT2D eigenvalue weighted by Crippen LogP contribution is -2.52. The first-order chi connectivity index (χ1) is 16.7. The lowest BCUT2D eigenvalue weighted by Gasteiger charge is -2.37. The zero-order valence-corrected chi connectivity index (χ0v) is 19.7. The predicted molar refractivity (Wildman–Crippen MR) is 125 cm³/mol. The van der Waals surface area contributed by atoms with E-state index in [4.69, 9.17) is 11.6 Å². The summed E-state index contributed by atoms with van der Waals surface area (Å²) in [6.45, 7) is 5.35. The van der Waals surface area contributed by atoms with Crippen LogP contribution in [0, 0.1) is 5.82 Å². The lowest BCUT2D eigenvalue weighted by atomic mass is 10.1. The summed E-state index contributed by atoms with van der Waals surface area (Å²) >= 11 is 5.99. The number of carbonyl (C=O) groups is 3. The molecule has 1 fully saturated rings. The van der Waals surface area contributed by atoms with E-state index in [1.807, 2.05) is 0 Å². The average molecular weight is 512 g/mol. The van der Waals surface area contributed by atoms with Gasteiger partial charge < -0.3 is 9.80 Å². The maximum absolute atomic E-state index is 14.9. The van der Waals surface area contributed by atoms with E-state index in [2.05, 4.69) is 11.8 Å². The van der Waals surface area contributed by atoms with Crippen molar-refractivity contribution in [3.63, 3.8) is 0 Å². The Kier molecular flexibility index (Phi) is 8.94. The van der Waals surface area contributed by atoms with Crippen LogP contribution in [0.25, 0.3) is 0 Å². The minimum Gasteiger partial charge on any atom is -0.322 e. The fourth-order valence-electron chi connectivity index (χ4n) is 3.55. The summed E-state index contributed by atoms with van der Waals surface area (Å²) in [4.78, 5) is 41.7. The van der Waals surface area contributed by atoms with Gasteiger partial charge >= 0.3 is 18.4 Å². The van der Waals surface area contributed by atoms with Crippen molar-refractivity contribution in [3.8, 4) is 0 Å². The number of hydrogen-bond donors (Lipinski definition) is 2. The molecular weight excluding hydrogens is 487 g/mol. The quantitative estimate of drug-likeness (QED) is 0.583. The van der Waals surface area contributed by atoms with E-state index in [0.29, 0.717) is 23.8 Å². The summed E-state index contributed by atoms with van der Waals surface area (Å²) in [7, 11) is 0. The molecule has 0 unspecified atom stereocenters. The zero-order valence-electron chi connectivity index (χ0n) is 18.9. The van der Waals surface area contributed by atoms with E-state index >= 15 is 0 Å². The number of carbonyl (C=O) groups excluding carboxylic acids is 3. The molecule has 188 valence electrons. The van der Waals surface area contributed by atoms with Gasteiger partial charge in [0.05, 0.1) is 6.54 Å². The lowest BCUT2D eigenvalue weighted by molar-refractivity contribution is -0.132. The summed E-state index contributed by atoms with van der Waals surface area (Å²) in [5, 5.41) is 0.484. The SMILES string of the molecule is CCN1CCN(C(=O)N(Cc2ccc(C(=O)NNC(=O)C(F)F)cc2F)c2ccc(Cl)cc2)CC1. The van der Waals surface area contributed by atoms with Crippen LogP contribution in [-0.4, -0.2) is 66.8 Å². The highest BCUT2D eigenvalue weighted by Gasteiger charge is 2.27. The smallest absolute Gasteiger partial charge is 0.322 e. The van der Waals surface area contributed by atoms with Crippen molar-refractivity contribution in [1.82, 2.24) is 20.7 Å². The molecule has 0 atom stereocenters. The van der Waals surface area contributed by atoms with Crippen LogP contribution >= 0.6 is 11.6 Å². The second-order valence-corrected chi connectivity index (χ2v) is 8.25. The third-order valence-corrected chi connectivity index (χ3v) is 5.85. The number of benzene rings is 2. The fourth-order valence-corrected chi connectivity index (χ4v) is 3.67. The van der Waals surface area contributed by atoms with Crippen LogP contribution in [0.1, 0.15) is 22.8 Å². The highest BCUT2D eigenvalue weighted by atomic mass is 35.5. The molecule has 3 rings (SSSR count). The molecule has 4 amide bonds. The van der Waals surface area contributed by atoms with Crippen molar-refractivity contribution >= 4 is 35.1 Å². The third kappa shape index (κ3) is 6.86. The molecule has 8 nitrogen and oxygen atoms in total. The van der Waals surface area contributed by atoms with Gasteiger partial charge in [0.25, 0.3) is 5.91 Å². The molecular formula is C23H25ClF3N5O3. The highest BCUT2D eigenvalue weighted by Crippen LogP contribution is 2.24. The van der Waals surface area contributed by atoms with Crippen LogP contribution in [0.3, 0.4) is 0 Å². The molecule has 1 saturated heterocycles. The number of anilines is 1. The molecule has 0 spiro atoms. The Bertz CT molecular complexity index is 1060. The van der Waals surface area contributed by atoms with Crippen molar-refractivity contribution < 1.29 is 27.6 Å². The Hall–Kier alpha value is -3.31. The topological polar surface area (TPSA) is 85.0 Å².